The van der Waals surface area contributed by atoms with Crippen LogP contribution < -0.4 is 0 Å². The predicted octanol–water partition coefficient (Wildman–Crippen LogP) is 0.611. The summed E-state index contributed by atoms with van der Waals surface area (Å²) in [5.41, 5.74) is 0.562. The highest BCUT2D eigenvalue weighted by Gasteiger charge is 2.13. The Morgan fingerprint density at radius 3 is 2.40 bits per heavy atom. The van der Waals surface area contributed by atoms with Crippen molar-refractivity contribution in [2.24, 2.45) is 0 Å². The van der Waals surface area contributed by atoms with Crippen molar-refractivity contribution < 1.29 is 14.6 Å². The molecule has 0 aromatic heterocycles. The van der Waals surface area contributed by atoms with Crippen molar-refractivity contribution >= 4 is 0 Å². The first-order valence-electron chi connectivity index (χ1n) is 4.84. The minimum atomic E-state index is -0.343. The minimum absolute atomic E-state index is 0.137. The molecule has 0 atom stereocenters. The van der Waals surface area contributed by atoms with Gasteiger partial charge in [-0.15, -0.1) is 0 Å². The molecule has 0 fully saturated rings. The van der Waals surface area contributed by atoms with Crippen LogP contribution in [0.2, 0.25) is 0 Å². The molecule has 1 aromatic carbocycles. The SMILES string of the molecule is CN(Cc1ccccc1F)C(CO)CO. The number of rotatable bonds is 5. The Kier molecular flexibility index (Phi) is 4.68. The third-order valence-corrected chi connectivity index (χ3v) is 2.42. The summed E-state index contributed by atoms with van der Waals surface area (Å²) in [6.07, 6.45) is 0. The zero-order chi connectivity index (χ0) is 11.3. The summed E-state index contributed by atoms with van der Waals surface area (Å²) >= 11 is 0. The molecule has 0 aliphatic carbocycles. The van der Waals surface area contributed by atoms with Crippen LogP contribution in [-0.2, 0) is 6.54 Å². The van der Waals surface area contributed by atoms with Gasteiger partial charge >= 0.3 is 0 Å². The minimum Gasteiger partial charge on any atom is -0.395 e. The summed E-state index contributed by atoms with van der Waals surface area (Å²) in [5, 5.41) is 17.9. The molecule has 0 aliphatic heterocycles. The number of likely N-dealkylation sites (N-methyl/N-ethyl adjacent to an activating group) is 1. The number of aliphatic hydroxyl groups excluding tert-OH is 2. The Labute approximate surface area is 88.8 Å². The summed E-state index contributed by atoms with van der Waals surface area (Å²) in [4.78, 5) is 1.72. The Bertz CT molecular complexity index is 302. The van der Waals surface area contributed by atoms with Gasteiger partial charge in [-0.05, 0) is 13.1 Å². The van der Waals surface area contributed by atoms with Crippen molar-refractivity contribution in [2.75, 3.05) is 20.3 Å². The van der Waals surface area contributed by atoms with E-state index in [4.69, 9.17) is 10.2 Å². The maximum Gasteiger partial charge on any atom is 0.127 e. The first-order valence-corrected chi connectivity index (χ1v) is 4.84. The molecule has 0 aliphatic rings. The molecular weight excluding hydrogens is 197 g/mol. The van der Waals surface area contributed by atoms with Crippen LogP contribution in [0.15, 0.2) is 24.3 Å². The van der Waals surface area contributed by atoms with E-state index in [1.165, 1.54) is 6.07 Å². The fraction of sp³-hybridized carbons (Fsp3) is 0.455. The highest BCUT2D eigenvalue weighted by atomic mass is 19.1. The van der Waals surface area contributed by atoms with Crippen molar-refractivity contribution in [1.29, 1.82) is 0 Å². The molecule has 84 valence electrons. The van der Waals surface area contributed by atoms with Gasteiger partial charge in [0.1, 0.15) is 5.82 Å². The Balaban J connectivity index is 2.65. The molecule has 1 aromatic rings. The van der Waals surface area contributed by atoms with Gasteiger partial charge in [0.2, 0.25) is 0 Å². The predicted molar refractivity (Wildman–Crippen MR) is 55.8 cm³/mol. The lowest BCUT2D eigenvalue weighted by Gasteiger charge is -2.24. The maximum atomic E-state index is 13.3. The lowest BCUT2D eigenvalue weighted by Crippen LogP contribution is -2.37. The third-order valence-electron chi connectivity index (χ3n) is 2.42. The van der Waals surface area contributed by atoms with Crippen LogP contribution in [0.3, 0.4) is 0 Å². The third kappa shape index (κ3) is 3.27. The summed E-state index contributed by atoms with van der Waals surface area (Å²) in [6.45, 7) is 0.0986. The molecule has 0 heterocycles. The second-order valence-corrected chi connectivity index (χ2v) is 3.53. The first kappa shape index (κ1) is 12.1. The fourth-order valence-electron chi connectivity index (χ4n) is 1.36. The number of nitrogens with zero attached hydrogens (tertiary/aromatic N) is 1. The Morgan fingerprint density at radius 2 is 1.87 bits per heavy atom. The van der Waals surface area contributed by atoms with Gasteiger partial charge in [0.25, 0.3) is 0 Å². The number of benzene rings is 1. The normalized spacial score (nSPS) is 11.3. The molecule has 3 nitrogen and oxygen atoms in total. The summed E-state index contributed by atoms with van der Waals surface area (Å²) in [7, 11) is 1.74. The van der Waals surface area contributed by atoms with Crippen molar-refractivity contribution in [3.63, 3.8) is 0 Å². The zero-order valence-corrected chi connectivity index (χ0v) is 8.73. The lowest BCUT2D eigenvalue weighted by molar-refractivity contribution is 0.0867. The molecule has 0 unspecified atom stereocenters. The average Bonchev–Trinajstić information content (AvgIpc) is 2.23. The first-order chi connectivity index (χ1) is 7.19. The van der Waals surface area contributed by atoms with E-state index in [1.807, 2.05) is 0 Å². The zero-order valence-electron chi connectivity index (χ0n) is 8.73. The highest BCUT2D eigenvalue weighted by Crippen LogP contribution is 2.10. The van der Waals surface area contributed by atoms with Crippen LogP contribution in [0.25, 0.3) is 0 Å². The van der Waals surface area contributed by atoms with Crippen molar-refractivity contribution in [2.45, 2.75) is 12.6 Å². The molecular formula is C11H16FNO2. The molecule has 1 rings (SSSR count). The Morgan fingerprint density at radius 1 is 1.27 bits per heavy atom. The summed E-state index contributed by atoms with van der Waals surface area (Å²) in [6, 6.07) is 6.14. The summed E-state index contributed by atoms with van der Waals surface area (Å²) < 4.78 is 13.3. The van der Waals surface area contributed by atoms with Gasteiger partial charge < -0.3 is 10.2 Å². The molecule has 0 amide bonds. The molecule has 0 bridgehead atoms. The van der Waals surface area contributed by atoms with Crippen LogP contribution in [-0.4, -0.2) is 41.4 Å². The van der Waals surface area contributed by atoms with E-state index in [0.717, 1.165) is 0 Å². The second kappa shape index (κ2) is 5.80. The number of hydrogen-bond acceptors (Lipinski definition) is 3. The van der Waals surface area contributed by atoms with Crippen LogP contribution in [0.1, 0.15) is 5.56 Å². The number of halogens is 1. The molecule has 4 heteroatoms. The smallest absolute Gasteiger partial charge is 0.127 e. The monoisotopic (exact) mass is 213 g/mol. The van der Waals surface area contributed by atoms with Crippen LogP contribution in [0.4, 0.5) is 4.39 Å². The topological polar surface area (TPSA) is 43.7 Å². The van der Waals surface area contributed by atoms with Gasteiger partial charge in [0.15, 0.2) is 0 Å². The van der Waals surface area contributed by atoms with Gasteiger partial charge in [0, 0.05) is 12.1 Å². The van der Waals surface area contributed by atoms with Gasteiger partial charge in [-0.25, -0.2) is 4.39 Å². The highest BCUT2D eigenvalue weighted by molar-refractivity contribution is 5.17. The van der Waals surface area contributed by atoms with Crippen LogP contribution >= 0.6 is 0 Å². The largest absolute Gasteiger partial charge is 0.395 e. The van der Waals surface area contributed by atoms with E-state index < -0.39 is 0 Å². The second-order valence-electron chi connectivity index (χ2n) is 3.53. The molecule has 15 heavy (non-hydrogen) atoms. The van der Waals surface area contributed by atoms with Crippen molar-refractivity contribution in [1.82, 2.24) is 4.90 Å². The average molecular weight is 213 g/mol. The molecule has 0 radical (unpaired) electrons. The van der Waals surface area contributed by atoms with E-state index in [-0.39, 0.29) is 25.1 Å². The Hall–Kier alpha value is -0.970. The van der Waals surface area contributed by atoms with Crippen LogP contribution in [0.5, 0.6) is 0 Å². The lowest BCUT2D eigenvalue weighted by atomic mass is 10.2. The van der Waals surface area contributed by atoms with Crippen molar-refractivity contribution in [3.05, 3.63) is 35.6 Å². The van der Waals surface area contributed by atoms with E-state index in [1.54, 1.807) is 30.1 Å². The molecule has 0 saturated heterocycles. The number of hydrogen-bond donors (Lipinski definition) is 2. The fourth-order valence-corrected chi connectivity index (χ4v) is 1.36. The van der Waals surface area contributed by atoms with E-state index in [2.05, 4.69) is 0 Å². The quantitative estimate of drug-likeness (QED) is 0.753. The van der Waals surface area contributed by atoms with Gasteiger partial charge in [0.05, 0.1) is 19.3 Å². The maximum absolute atomic E-state index is 13.3. The van der Waals surface area contributed by atoms with E-state index in [9.17, 15) is 4.39 Å². The molecule has 2 N–H and O–H groups in total. The van der Waals surface area contributed by atoms with Gasteiger partial charge in [-0.3, -0.25) is 4.90 Å². The van der Waals surface area contributed by atoms with Crippen molar-refractivity contribution in [3.8, 4) is 0 Å². The van der Waals surface area contributed by atoms with Gasteiger partial charge in [-0.2, -0.15) is 0 Å². The van der Waals surface area contributed by atoms with Crippen LogP contribution in [0, 0.1) is 5.82 Å². The summed E-state index contributed by atoms with van der Waals surface area (Å²) in [5.74, 6) is -0.265. The number of aliphatic hydroxyl groups is 2. The standard InChI is InChI=1S/C11H16FNO2/c1-13(10(7-14)8-15)6-9-4-2-3-5-11(9)12/h2-5,10,14-15H,6-8H2,1H3. The van der Waals surface area contributed by atoms with E-state index >= 15 is 0 Å². The van der Waals surface area contributed by atoms with E-state index in [0.29, 0.717) is 12.1 Å². The molecule has 0 saturated carbocycles. The molecule has 0 spiro atoms. The van der Waals surface area contributed by atoms with Gasteiger partial charge in [-0.1, -0.05) is 18.2 Å².